The van der Waals surface area contributed by atoms with Gasteiger partial charge in [0.2, 0.25) is 0 Å². The van der Waals surface area contributed by atoms with Crippen LogP contribution in [0.1, 0.15) is 95.5 Å². The molecule has 158 valence electrons. The molecule has 0 radical (unpaired) electrons. The van der Waals surface area contributed by atoms with Crippen molar-refractivity contribution in [1.82, 2.24) is 0 Å². The molecule has 0 unspecified atom stereocenters. The van der Waals surface area contributed by atoms with Gasteiger partial charge >= 0.3 is 0 Å². The molecule has 0 N–H and O–H groups in total. The Kier molecular flexibility index (Phi) is 6.88. The second-order valence-corrected chi connectivity index (χ2v) is 9.81. The molecule has 0 bridgehead atoms. The summed E-state index contributed by atoms with van der Waals surface area (Å²) in [5.74, 6) is 1.99. The molecule has 2 aromatic carbocycles. The maximum Gasteiger partial charge on any atom is 0.166 e. The van der Waals surface area contributed by atoms with Crippen molar-refractivity contribution < 1.29 is 8.78 Å². The summed E-state index contributed by atoms with van der Waals surface area (Å²) in [6, 6.07) is 8.82. The lowest BCUT2D eigenvalue weighted by molar-refractivity contribution is 0.224. The van der Waals surface area contributed by atoms with Crippen molar-refractivity contribution in [3.05, 3.63) is 47.5 Å². The highest BCUT2D eigenvalue weighted by molar-refractivity contribution is 5.84. The molecule has 0 aliphatic heterocycles. The van der Waals surface area contributed by atoms with E-state index in [2.05, 4.69) is 13.0 Å². The molecule has 2 aromatic rings. The number of hydrogen-bond acceptors (Lipinski definition) is 0. The summed E-state index contributed by atoms with van der Waals surface area (Å²) in [4.78, 5) is 0. The van der Waals surface area contributed by atoms with Gasteiger partial charge in [-0.2, -0.15) is 0 Å². The van der Waals surface area contributed by atoms with Crippen LogP contribution in [0.2, 0.25) is 0 Å². The van der Waals surface area contributed by atoms with Crippen LogP contribution in [0.4, 0.5) is 8.78 Å². The molecule has 0 amide bonds. The van der Waals surface area contributed by atoms with Gasteiger partial charge in [0.15, 0.2) is 11.6 Å². The van der Waals surface area contributed by atoms with E-state index >= 15 is 0 Å². The van der Waals surface area contributed by atoms with Crippen molar-refractivity contribution in [1.29, 1.82) is 0 Å². The molecule has 0 heterocycles. The van der Waals surface area contributed by atoms with Gasteiger partial charge in [-0.1, -0.05) is 82.6 Å². The minimum atomic E-state index is -0.760. The average molecular weight is 399 g/mol. The smallest absolute Gasteiger partial charge is 0.166 e. The van der Waals surface area contributed by atoms with Crippen LogP contribution in [-0.4, -0.2) is 0 Å². The van der Waals surface area contributed by atoms with Gasteiger partial charge in [-0.3, -0.25) is 0 Å². The van der Waals surface area contributed by atoms with Crippen LogP contribution in [0.15, 0.2) is 30.3 Å². The molecular weight excluding hydrogens is 362 g/mol. The molecule has 2 aliphatic carbocycles. The van der Waals surface area contributed by atoms with E-state index in [1.807, 2.05) is 6.07 Å². The Hall–Kier alpha value is -1.44. The summed E-state index contributed by atoms with van der Waals surface area (Å²) in [6.07, 6.45) is 16.6. The van der Waals surface area contributed by atoms with Crippen molar-refractivity contribution >= 4 is 10.8 Å². The highest BCUT2D eigenvalue weighted by Crippen LogP contribution is 2.40. The molecule has 0 spiro atoms. The fraction of sp³-hybridized carbons (Fsp3) is 0.630. The highest BCUT2D eigenvalue weighted by Gasteiger charge is 2.25. The van der Waals surface area contributed by atoms with Crippen LogP contribution >= 0.6 is 0 Å². The zero-order valence-corrected chi connectivity index (χ0v) is 17.9. The quantitative estimate of drug-likeness (QED) is 0.456. The number of fused-ring (bicyclic) bond motifs is 1. The number of halogens is 2. The van der Waals surface area contributed by atoms with Crippen LogP contribution < -0.4 is 0 Å². The van der Waals surface area contributed by atoms with E-state index in [4.69, 9.17) is 0 Å². The molecule has 4 rings (SSSR count). The zero-order valence-electron chi connectivity index (χ0n) is 17.9. The van der Waals surface area contributed by atoms with Gasteiger partial charge in [0.05, 0.1) is 0 Å². The van der Waals surface area contributed by atoms with E-state index in [0.717, 1.165) is 23.1 Å². The summed E-state index contributed by atoms with van der Waals surface area (Å²) in [5, 5.41) is 1.22. The Morgan fingerprint density at radius 2 is 1.31 bits per heavy atom. The standard InChI is InChI=1S/C27H36F2/c1-2-3-19-4-6-20(7-5-19)8-9-21-10-12-22(13-11-21)23-14-16-25-24(18-23)15-17-26(28)27(25)29/h14-22H,2-13H2,1H3. The fourth-order valence-electron chi connectivity index (χ4n) is 6.01. The van der Waals surface area contributed by atoms with E-state index in [-0.39, 0.29) is 0 Å². The zero-order chi connectivity index (χ0) is 20.2. The van der Waals surface area contributed by atoms with Gasteiger partial charge in [0.1, 0.15) is 0 Å². The first-order valence-corrected chi connectivity index (χ1v) is 12.0. The van der Waals surface area contributed by atoms with E-state index in [0.29, 0.717) is 11.3 Å². The Morgan fingerprint density at radius 3 is 1.93 bits per heavy atom. The molecular formula is C27H36F2. The predicted octanol–water partition coefficient (Wildman–Crippen LogP) is 8.78. The van der Waals surface area contributed by atoms with E-state index in [9.17, 15) is 8.78 Å². The van der Waals surface area contributed by atoms with Crippen LogP contribution in [0, 0.1) is 29.4 Å². The maximum absolute atomic E-state index is 13.9. The lowest BCUT2D eigenvalue weighted by atomic mass is 9.74. The third-order valence-corrected chi connectivity index (χ3v) is 7.90. The van der Waals surface area contributed by atoms with Crippen molar-refractivity contribution in [2.24, 2.45) is 17.8 Å². The topological polar surface area (TPSA) is 0 Å². The van der Waals surface area contributed by atoms with Gasteiger partial charge in [-0.15, -0.1) is 0 Å². The molecule has 0 nitrogen and oxygen atoms in total. The first-order chi connectivity index (χ1) is 14.1. The Morgan fingerprint density at radius 1 is 0.724 bits per heavy atom. The van der Waals surface area contributed by atoms with Crippen molar-refractivity contribution in [3.63, 3.8) is 0 Å². The number of benzene rings is 2. The molecule has 2 fully saturated rings. The lowest BCUT2D eigenvalue weighted by Crippen LogP contribution is -2.17. The molecule has 2 aliphatic rings. The summed E-state index contributed by atoms with van der Waals surface area (Å²) in [5.41, 5.74) is 1.30. The summed E-state index contributed by atoms with van der Waals surface area (Å²) >= 11 is 0. The summed E-state index contributed by atoms with van der Waals surface area (Å²) < 4.78 is 27.4. The Bertz CT molecular complexity index is 796. The molecule has 2 saturated carbocycles. The van der Waals surface area contributed by atoms with Crippen molar-refractivity contribution in [2.75, 3.05) is 0 Å². The number of rotatable bonds is 6. The fourth-order valence-corrected chi connectivity index (χ4v) is 6.01. The number of hydrogen-bond donors (Lipinski definition) is 0. The van der Waals surface area contributed by atoms with Gasteiger partial charge in [-0.25, -0.2) is 8.78 Å². The maximum atomic E-state index is 13.9. The van der Waals surface area contributed by atoms with Crippen molar-refractivity contribution in [2.45, 2.75) is 89.9 Å². The molecule has 0 atom stereocenters. The molecule has 29 heavy (non-hydrogen) atoms. The third-order valence-electron chi connectivity index (χ3n) is 7.90. The minimum Gasteiger partial charge on any atom is -0.204 e. The Balaban J connectivity index is 1.25. The van der Waals surface area contributed by atoms with Crippen LogP contribution in [0.25, 0.3) is 10.8 Å². The van der Waals surface area contributed by atoms with E-state index in [1.165, 1.54) is 88.7 Å². The monoisotopic (exact) mass is 398 g/mol. The summed E-state index contributed by atoms with van der Waals surface area (Å²) in [6.45, 7) is 2.32. The van der Waals surface area contributed by atoms with Crippen LogP contribution in [-0.2, 0) is 0 Å². The minimum absolute atomic E-state index is 0.399. The molecule has 0 saturated heterocycles. The van der Waals surface area contributed by atoms with Crippen LogP contribution in [0.5, 0.6) is 0 Å². The normalized spacial score (nSPS) is 28.0. The summed E-state index contributed by atoms with van der Waals surface area (Å²) in [7, 11) is 0. The highest BCUT2D eigenvalue weighted by atomic mass is 19.2. The predicted molar refractivity (Wildman–Crippen MR) is 118 cm³/mol. The van der Waals surface area contributed by atoms with Crippen molar-refractivity contribution in [3.8, 4) is 0 Å². The van der Waals surface area contributed by atoms with E-state index < -0.39 is 11.6 Å². The second-order valence-electron chi connectivity index (χ2n) is 9.81. The van der Waals surface area contributed by atoms with Gasteiger partial charge in [0, 0.05) is 5.39 Å². The van der Waals surface area contributed by atoms with Gasteiger partial charge in [-0.05, 0) is 66.4 Å². The van der Waals surface area contributed by atoms with Crippen LogP contribution in [0.3, 0.4) is 0 Å². The first kappa shape index (κ1) is 20.8. The van der Waals surface area contributed by atoms with E-state index in [1.54, 1.807) is 12.1 Å². The Labute approximate surface area is 175 Å². The molecule has 0 aromatic heterocycles. The third kappa shape index (κ3) is 5.01. The first-order valence-electron chi connectivity index (χ1n) is 12.0. The average Bonchev–Trinajstić information content (AvgIpc) is 2.76. The lowest BCUT2D eigenvalue weighted by Gasteiger charge is -2.32. The van der Waals surface area contributed by atoms with Gasteiger partial charge in [0.25, 0.3) is 0 Å². The van der Waals surface area contributed by atoms with Gasteiger partial charge < -0.3 is 0 Å². The molecule has 2 heteroatoms. The SMILES string of the molecule is CCCC1CCC(CCC2CCC(c3ccc4c(F)c(F)ccc4c3)CC2)CC1. The second kappa shape index (κ2) is 9.58. The largest absolute Gasteiger partial charge is 0.204 e.